The van der Waals surface area contributed by atoms with Crippen LogP contribution in [0.2, 0.25) is 10.0 Å². The standard InChI is InChI=1S/C13H12Cl2N2/c1-13(16,9-4-6-17-7-5-9)10-2-3-11(14)12(15)8-10/h2-8H,16H2,1H3. The smallest absolute Gasteiger partial charge is 0.0638 e. The van der Waals surface area contributed by atoms with E-state index in [2.05, 4.69) is 4.98 Å². The van der Waals surface area contributed by atoms with Crippen LogP contribution < -0.4 is 5.73 Å². The first kappa shape index (κ1) is 12.4. The van der Waals surface area contributed by atoms with E-state index in [1.54, 1.807) is 24.5 Å². The van der Waals surface area contributed by atoms with E-state index in [0.717, 1.165) is 11.1 Å². The molecule has 0 aliphatic rings. The molecule has 0 aliphatic carbocycles. The highest BCUT2D eigenvalue weighted by atomic mass is 35.5. The number of halogens is 2. The maximum absolute atomic E-state index is 6.35. The molecule has 1 atom stereocenters. The molecule has 17 heavy (non-hydrogen) atoms. The highest BCUT2D eigenvalue weighted by Crippen LogP contribution is 2.31. The van der Waals surface area contributed by atoms with Crippen LogP contribution in [-0.2, 0) is 5.54 Å². The van der Waals surface area contributed by atoms with Crippen molar-refractivity contribution in [1.29, 1.82) is 0 Å². The van der Waals surface area contributed by atoms with Crippen molar-refractivity contribution in [2.24, 2.45) is 5.73 Å². The molecule has 0 saturated carbocycles. The van der Waals surface area contributed by atoms with Crippen molar-refractivity contribution in [3.8, 4) is 0 Å². The Hall–Kier alpha value is -1.09. The number of pyridine rings is 1. The predicted octanol–water partition coefficient (Wildman–Crippen LogP) is 3.61. The third-order valence-electron chi connectivity index (χ3n) is 2.80. The number of hydrogen-bond donors (Lipinski definition) is 1. The van der Waals surface area contributed by atoms with E-state index in [1.807, 2.05) is 25.1 Å². The molecule has 2 rings (SSSR count). The lowest BCUT2D eigenvalue weighted by atomic mass is 9.86. The van der Waals surface area contributed by atoms with Gasteiger partial charge in [0.15, 0.2) is 0 Å². The van der Waals surface area contributed by atoms with Crippen molar-refractivity contribution in [3.63, 3.8) is 0 Å². The zero-order chi connectivity index (χ0) is 12.5. The molecule has 1 aromatic carbocycles. The summed E-state index contributed by atoms with van der Waals surface area (Å²) in [6.45, 7) is 1.93. The predicted molar refractivity (Wildman–Crippen MR) is 71.3 cm³/mol. The van der Waals surface area contributed by atoms with Gasteiger partial charge in [0.05, 0.1) is 15.6 Å². The number of hydrogen-bond acceptors (Lipinski definition) is 2. The number of nitrogens with two attached hydrogens (primary N) is 1. The minimum atomic E-state index is -0.614. The van der Waals surface area contributed by atoms with Crippen LogP contribution in [0.4, 0.5) is 0 Å². The van der Waals surface area contributed by atoms with Gasteiger partial charge in [-0.25, -0.2) is 0 Å². The molecule has 1 aromatic heterocycles. The average Bonchev–Trinajstić information content (AvgIpc) is 2.33. The summed E-state index contributed by atoms with van der Waals surface area (Å²) < 4.78 is 0. The summed E-state index contributed by atoms with van der Waals surface area (Å²) in [6, 6.07) is 9.22. The van der Waals surface area contributed by atoms with Crippen LogP contribution in [-0.4, -0.2) is 4.98 Å². The van der Waals surface area contributed by atoms with Gasteiger partial charge < -0.3 is 5.73 Å². The fraction of sp³-hybridized carbons (Fsp3) is 0.154. The van der Waals surface area contributed by atoms with Crippen molar-refractivity contribution in [2.45, 2.75) is 12.5 Å². The molecule has 0 fully saturated rings. The molecule has 0 spiro atoms. The van der Waals surface area contributed by atoms with Crippen molar-refractivity contribution in [2.75, 3.05) is 0 Å². The minimum Gasteiger partial charge on any atom is -0.318 e. The van der Waals surface area contributed by atoms with Crippen LogP contribution in [0.15, 0.2) is 42.7 Å². The minimum absolute atomic E-state index is 0.509. The lowest BCUT2D eigenvalue weighted by Crippen LogP contribution is -2.34. The zero-order valence-corrected chi connectivity index (χ0v) is 10.8. The van der Waals surface area contributed by atoms with Crippen LogP contribution in [0.5, 0.6) is 0 Å². The van der Waals surface area contributed by atoms with Gasteiger partial charge in [-0.2, -0.15) is 0 Å². The third-order valence-corrected chi connectivity index (χ3v) is 3.54. The SMILES string of the molecule is CC(N)(c1ccncc1)c1ccc(Cl)c(Cl)c1. The fourth-order valence-corrected chi connectivity index (χ4v) is 1.98. The van der Waals surface area contributed by atoms with E-state index < -0.39 is 5.54 Å². The van der Waals surface area contributed by atoms with Gasteiger partial charge in [-0.1, -0.05) is 29.3 Å². The van der Waals surface area contributed by atoms with E-state index in [-0.39, 0.29) is 0 Å². The molecular weight excluding hydrogens is 255 g/mol. The fourth-order valence-electron chi connectivity index (χ4n) is 1.68. The molecule has 2 nitrogen and oxygen atoms in total. The summed E-state index contributed by atoms with van der Waals surface area (Å²) in [6.07, 6.45) is 3.44. The Kier molecular flexibility index (Phi) is 3.38. The van der Waals surface area contributed by atoms with Gasteiger partial charge in [0.2, 0.25) is 0 Å². The van der Waals surface area contributed by atoms with Crippen molar-refractivity contribution in [3.05, 3.63) is 63.9 Å². The van der Waals surface area contributed by atoms with Crippen LogP contribution in [0.1, 0.15) is 18.1 Å². The van der Waals surface area contributed by atoms with Gasteiger partial charge in [0.25, 0.3) is 0 Å². The quantitative estimate of drug-likeness (QED) is 0.902. The van der Waals surface area contributed by atoms with Gasteiger partial charge in [-0.15, -0.1) is 0 Å². The monoisotopic (exact) mass is 266 g/mol. The van der Waals surface area contributed by atoms with Crippen molar-refractivity contribution >= 4 is 23.2 Å². The van der Waals surface area contributed by atoms with E-state index in [9.17, 15) is 0 Å². The van der Waals surface area contributed by atoms with Gasteiger partial charge in [-0.3, -0.25) is 4.98 Å². The van der Waals surface area contributed by atoms with Gasteiger partial charge in [0.1, 0.15) is 0 Å². The summed E-state index contributed by atoms with van der Waals surface area (Å²) in [4.78, 5) is 3.98. The first-order valence-corrected chi connectivity index (χ1v) is 5.92. The Balaban J connectivity index is 2.48. The van der Waals surface area contributed by atoms with E-state index in [4.69, 9.17) is 28.9 Å². The summed E-state index contributed by atoms with van der Waals surface area (Å²) in [7, 11) is 0. The Morgan fingerprint density at radius 3 is 2.24 bits per heavy atom. The first-order valence-electron chi connectivity index (χ1n) is 5.17. The number of rotatable bonds is 2. The topological polar surface area (TPSA) is 38.9 Å². The third kappa shape index (κ3) is 2.44. The highest BCUT2D eigenvalue weighted by Gasteiger charge is 2.24. The second kappa shape index (κ2) is 4.65. The second-order valence-corrected chi connectivity index (χ2v) is 4.88. The van der Waals surface area contributed by atoms with E-state index in [0.29, 0.717) is 10.0 Å². The molecule has 88 valence electrons. The second-order valence-electron chi connectivity index (χ2n) is 4.07. The molecule has 4 heteroatoms. The number of nitrogens with zero attached hydrogens (tertiary/aromatic N) is 1. The summed E-state index contributed by atoms with van der Waals surface area (Å²) in [5.41, 5.74) is 7.63. The van der Waals surface area contributed by atoms with Crippen LogP contribution in [0.3, 0.4) is 0 Å². The zero-order valence-electron chi connectivity index (χ0n) is 9.32. The highest BCUT2D eigenvalue weighted by molar-refractivity contribution is 6.42. The summed E-state index contributed by atoms with van der Waals surface area (Å²) in [5.74, 6) is 0. The van der Waals surface area contributed by atoms with Crippen LogP contribution in [0.25, 0.3) is 0 Å². The normalized spacial score (nSPS) is 14.4. The Morgan fingerprint density at radius 2 is 1.65 bits per heavy atom. The number of benzene rings is 1. The van der Waals surface area contributed by atoms with Crippen LogP contribution in [0, 0.1) is 0 Å². The Bertz CT molecular complexity index is 524. The lowest BCUT2D eigenvalue weighted by Gasteiger charge is -2.26. The molecule has 0 aliphatic heterocycles. The maximum atomic E-state index is 6.35. The molecular formula is C13H12Cl2N2. The summed E-state index contributed by atoms with van der Waals surface area (Å²) >= 11 is 11.9. The van der Waals surface area contributed by atoms with Crippen molar-refractivity contribution in [1.82, 2.24) is 4.98 Å². The van der Waals surface area contributed by atoms with E-state index in [1.165, 1.54) is 0 Å². The first-order chi connectivity index (χ1) is 8.01. The summed E-state index contributed by atoms with van der Waals surface area (Å²) in [5, 5.41) is 1.04. The maximum Gasteiger partial charge on any atom is 0.0638 e. The van der Waals surface area contributed by atoms with Gasteiger partial charge >= 0.3 is 0 Å². The van der Waals surface area contributed by atoms with Gasteiger partial charge in [0, 0.05) is 12.4 Å². The molecule has 1 heterocycles. The molecule has 2 N–H and O–H groups in total. The molecule has 0 saturated heterocycles. The van der Waals surface area contributed by atoms with Crippen LogP contribution >= 0.6 is 23.2 Å². The van der Waals surface area contributed by atoms with E-state index >= 15 is 0 Å². The Morgan fingerprint density at radius 1 is 1.00 bits per heavy atom. The molecule has 0 amide bonds. The lowest BCUT2D eigenvalue weighted by molar-refractivity contribution is 0.602. The molecule has 2 aromatic rings. The molecule has 0 radical (unpaired) electrons. The van der Waals surface area contributed by atoms with Crippen molar-refractivity contribution < 1.29 is 0 Å². The van der Waals surface area contributed by atoms with Gasteiger partial charge in [-0.05, 0) is 42.3 Å². The Labute approximate surface area is 110 Å². The average molecular weight is 267 g/mol. The number of aromatic nitrogens is 1. The molecule has 0 bridgehead atoms. The molecule has 1 unspecified atom stereocenters. The largest absolute Gasteiger partial charge is 0.318 e.